The minimum atomic E-state index is -1.06. The third-order valence-electron chi connectivity index (χ3n) is 1.82. The van der Waals surface area contributed by atoms with Crippen molar-refractivity contribution < 1.29 is 19.1 Å². The number of Topliss-reactive ketones (excluding diaryl/α,β-unsaturated/α-hetero) is 1. The molecule has 0 unspecified atom stereocenters. The molecule has 1 rings (SSSR count). The third-order valence-corrected chi connectivity index (χ3v) is 1.82. The molecule has 16 heavy (non-hydrogen) atoms. The number of hydrogen-bond acceptors (Lipinski definition) is 2. The number of halogens is 1. The Balaban J connectivity index is 3.08. The molecule has 1 aromatic carbocycles. The highest BCUT2D eigenvalue weighted by molar-refractivity contribution is 5.96. The number of ketones is 1. The van der Waals surface area contributed by atoms with E-state index in [-0.39, 0.29) is 17.8 Å². The van der Waals surface area contributed by atoms with Crippen molar-refractivity contribution in [2.24, 2.45) is 0 Å². The summed E-state index contributed by atoms with van der Waals surface area (Å²) in [6.45, 7) is 1.34. The molecule has 0 radical (unpaired) electrons. The summed E-state index contributed by atoms with van der Waals surface area (Å²) in [7, 11) is 0. The minimum Gasteiger partial charge on any atom is -0.481 e. The molecule has 0 saturated heterocycles. The van der Waals surface area contributed by atoms with Gasteiger partial charge in [0.05, 0.1) is 0 Å². The average Bonchev–Trinajstić information content (AvgIpc) is 2.16. The van der Waals surface area contributed by atoms with Crippen LogP contribution in [0.4, 0.5) is 4.39 Å². The van der Waals surface area contributed by atoms with Gasteiger partial charge in [-0.2, -0.15) is 0 Å². The van der Waals surface area contributed by atoms with Gasteiger partial charge in [-0.05, 0) is 25.1 Å². The van der Waals surface area contributed by atoms with Crippen LogP contribution < -0.4 is 0 Å². The van der Waals surface area contributed by atoms with Gasteiger partial charge in [-0.15, -0.1) is 0 Å². The van der Waals surface area contributed by atoms with E-state index in [4.69, 9.17) is 5.11 Å². The molecule has 4 heteroatoms. The van der Waals surface area contributed by atoms with Crippen LogP contribution in [0.15, 0.2) is 18.2 Å². The van der Waals surface area contributed by atoms with E-state index in [0.717, 1.165) is 6.07 Å². The van der Waals surface area contributed by atoms with Gasteiger partial charge in [0.15, 0.2) is 5.78 Å². The summed E-state index contributed by atoms with van der Waals surface area (Å²) in [5, 5.41) is 8.38. The fourth-order valence-electron chi connectivity index (χ4n) is 1.14. The van der Waals surface area contributed by atoms with E-state index in [2.05, 4.69) is 11.8 Å². The van der Waals surface area contributed by atoms with Crippen LogP contribution in [0.2, 0.25) is 0 Å². The highest BCUT2D eigenvalue weighted by Crippen LogP contribution is 2.10. The molecule has 0 aromatic heterocycles. The van der Waals surface area contributed by atoms with E-state index in [1.165, 1.54) is 19.1 Å². The SMILES string of the molecule is CC(=O)c1ccc(F)cc1C#CCC(=O)O. The maximum atomic E-state index is 12.9. The summed E-state index contributed by atoms with van der Waals surface area (Å²) in [4.78, 5) is 21.4. The van der Waals surface area contributed by atoms with Crippen LogP contribution in [0.5, 0.6) is 0 Å². The van der Waals surface area contributed by atoms with Crippen molar-refractivity contribution in [3.8, 4) is 11.8 Å². The van der Waals surface area contributed by atoms with E-state index in [0.29, 0.717) is 5.56 Å². The molecular weight excluding hydrogens is 211 g/mol. The van der Waals surface area contributed by atoms with Crippen molar-refractivity contribution in [2.45, 2.75) is 13.3 Å². The lowest BCUT2D eigenvalue weighted by Gasteiger charge is -1.99. The first kappa shape index (κ1) is 11.9. The van der Waals surface area contributed by atoms with Crippen molar-refractivity contribution in [1.82, 2.24) is 0 Å². The van der Waals surface area contributed by atoms with Crippen LogP contribution in [-0.4, -0.2) is 16.9 Å². The summed E-state index contributed by atoms with van der Waals surface area (Å²) < 4.78 is 12.9. The zero-order chi connectivity index (χ0) is 12.1. The van der Waals surface area contributed by atoms with Gasteiger partial charge in [-0.3, -0.25) is 9.59 Å². The van der Waals surface area contributed by atoms with Crippen molar-refractivity contribution >= 4 is 11.8 Å². The highest BCUT2D eigenvalue weighted by Gasteiger charge is 2.06. The quantitative estimate of drug-likeness (QED) is 0.611. The predicted octanol–water partition coefficient (Wildman–Crippen LogP) is 1.85. The van der Waals surface area contributed by atoms with Gasteiger partial charge >= 0.3 is 5.97 Å². The van der Waals surface area contributed by atoms with Crippen LogP contribution in [0.25, 0.3) is 0 Å². The zero-order valence-corrected chi connectivity index (χ0v) is 8.58. The van der Waals surface area contributed by atoms with Gasteiger partial charge in [0.25, 0.3) is 0 Å². The first-order valence-electron chi connectivity index (χ1n) is 4.52. The second-order valence-corrected chi connectivity index (χ2v) is 3.12. The fraction of sp³-hybridized carbons (Fsp3) is 0.167. The van der Waals surface area contributed by atoms with Gasteiger partial charge in [0, 0.05) is 11.1 Å². The summed E-state index contributed by atoms with van der Waals surface area (Å²) in [6.07, 6.45) is -0.339. The third kappa shape index (κ3) is 3.21. The van der Waals surface area contributed by atoms with Crippen LogP contribution in [0.3, 0.4) is 0 Å². The van der Waals surface area contributed by atoms with Crippen molar-refractivity contribution in [2.75, 3.05) is 0 Å². The lowest BCUT2D eigenvalue weighted by atomic mass is 10.0. The second-order valence-electron chi connectivity index (χ2n) is 3.12. The molecule has 0 bridgehead atoms. The summed E-state index contributed by atoms with van der Waals surface area (Å²) >= 11 is 0. The Morgan fingerprint density at radius 2 is 2.12 bits per heavy atom. The van der Waals surface area contributed by atoms with Crippen molar-refractivity contribution in [3.63, 3.8) is 0 Å². The van der Waals surface area contributed by atoms with Crippen LogP contribution >= 0.6 is 0 Å². The molecule has 0 aliphatic rings. The van der Waals surface area contributed by atoms with Gasteiger partial charge in [-0.1, -0.05) is 11.8 Å². The minimum absolute atomic E-state index is 0.216. The van der Waals surface area contributed by atoms with Gasteiger partial charge < -0.3 is 5.11 Å². The van der Waals surface area contributed by atoms with Crippen LogP contribution in [0, 0.1) is 17.7 Å². The Labute approximate surface area is 91.9 Å². The van der Waals surface area contributed by atoms with E-state index < -0.39 is 11.8 Å². The number of carboxylic acid groups (broad SMARTS) is 1. The lowest BCUT2D eigenvalue weighted by Crippen LogP contribution is -1.97. The number of carbonyl (C=O) groups excluding carboxylic acids is 1. The molecule has 0 fully saturated rings. The molecular formula is C12H9FO3. The highest BCUT2D eigenvalue weighted by atomic mass is 19.1. The molecule has 0 aliphatic carbocycles. The van der Waals surface area contributed by atoms with Gasteiger partial charge in [0.1, 0.15) is 12.2 Å². The maximum absolute atomic E-state index is 12.9. The Morgan fingerprint density at radius 3 is 2.69 bits per heavy atom. The van der Waals surface area contributed by atoms with Crippen LogP contribution in [0.1, 0.15) is 29.3 Å². The molecule has 3 nitrogen and oxygen atoms in total. The summed E-state index contributed by atoms with van der Waals surface area (Å²) in [5.74, 6) is 3.02. The van der Waals surface area contributed by atoms with E-state index in [9.17, 15) is 14.0 Å². The molecule has 0 amide bonds. The number of carboxylic acids is 1. The van der Waals surface area contributed by atoms with Gasteiger partial charge in [0.2, 0.25) is 0 Å². The van der Waals surface area contributed by atoms with E-state index >= 15 is 0 Å². The van der Waals surface area contributed by atoms with Crippen LogP contribution in [-0.2, 0) is 4.79 Å². The number of hydrogen-bond donors (Lipinski definition) is 1. The summed E-state index contributed by atoms with van der Waals surface area (Å²) in [6, 6.07) is 3.62. The molecule has 0 aliphatic heterocycles. The Morgan fingerprint density at radius 1 is 1.44 bits per heavy atom. The Bertz CT molecular complexity index is 495. The Hall–Kier alpha value is -2.15. The molecule has 1 N–H and O–H groups in total. The maximum Gasteiger partial charge on any atom is 0.315 e. The molecule has 1 aromatic rings. The van der Waals surface area contributed by atoms with E-state index in [1.807, 2.05) is 0 Å². The molecule has 0 atom stereocenters. The van der Waals surface area contributed by atoms with Crippen molar-refractivity contribution in [3.05, 3.63) is 35.1 Å². The monoisotopic (exact) mass is 220 g/mol. The largest absolute Gasteiger partial charge is 0.481 e. The fourth-order valence-corrected chi connectivity index (χ4v) is 1.14. The standard InChI is InChI=1S/C12H9FO3/c1-8(14)11-6-5-10(13)7-9(11)3-2-4-12(15)16/h5-7H,4H2,1H3,(H,15,16). The number of carbonyl (C=O) groups is 2. The molecule has 0 saturated carbocycles. The average molecular weight is 220 g/mol. The zero-order valence-electron chi connectivity index (χ0n) is 8.58. The number of rotatable bonds is 2. The molecule has 0 heterocycles. The van der Waals surface area contributed by atoms with Gasteiger partial charge in [-0.25, -0.2) is 4.39 Å². The number of benzene rings is 1. The normalized spacial score (nSPS) is 9.12. The van der Waals surface area contributed by atoms with Crippen molar-refractivity contribution in [1.29, 1.82) is 0 Å². The predicted molar refractivity (Wildman–Crippen MR) is 55.5 cm³/mol. The lowest BCUT2D eigenvalue weighted by molar-refractivity contribution is -0.135. The first-order chi connectivity index (χ1) is 7.50. The molecule has 82 valence electrons. The second kappa shape index (κ2) is 5.08. The smallest absolute Gasteiger partial charge is 0.315 e. The molecule has 0 spiro atoms. The Kier molecular flexibility index (Phi) is 3.78. The topological polar surface area (TPSA) is 54.4 Å². The summed E-state index contributed by atoms with van der Waals surface area (Å²) in [5.41, 5.74) is 0.507. The number of aliphatic carboxylic acids is 1. The first-order valence-corrected chi connectivity index (χ1v) is 4.52. The van der Waals surface area contributed by atoms with E-state index in [1.54, 1.807) is 0 Å².